The Balaban J connectivity index is 2.21. The molecule has 0 saturated heterocycles. The molecule has 1 aromatic rings. The lowest BCUT2D eigenvalue weighted by molar-refractivity contribution is -0.119. The molecule has 3 nitrogen and oxygen atoms in total. The van der Waals surface area contributed by atoms with Crippen LogP contribution in [0.15, 0.2) is 16.5 Å². The number of ether oxygens (including phenoxy) is 1. The summed E-state index contributed by atoms with van der Waals surface area (Å²) in [5.41, 5.74) is -0.300. The first-order valence-corrected chi connectivity index (χ1v) is 4.78. The van der Waals surface area contributed by atoms with Crippen LogP contribution in [0.2, 0.25) is 0 Å². The summed E-state index contributed by atoms with van der Waals surface area (Å²) in [5, 5.41) is 0. The molecule has 0 aliphatic heterocycles. The summed E-state index contributed by atoms with van der Waals surface area (Å²) >= 11 is 0. The molecule has 0 spiro atoms. The van der Waals surface area contributed by atoms with Gasteiger partial charge in [0.15, 0.2) is 0 Å². The molecule has 0 amide bonds. The Bertz CT molecular complexity index is 347. The fraction of sp³-hybridized carbons (Fsp3) is 0.545. The smallest absolute Gasteiger partial charge is 0.143 e. The van der Waals surface area contributed by atoms with Gasteiger partial charge in [0.2, 0.25) is 0 Å². The Morgan fingerprint density at radius 2 is 2.29 bits per heavy atom. The van der Waals surface area contributed by atoms with E-state index in [2.05, 4.69) is 0 Å². The minimum atomic E-state index is -0.300. The van der Waals surface area contributed by atoms with Crippen LogP contribution in [0.3, 0.4) is 0 Å². The average molecular weight is 194 g/mol. The molecule has 14 heavy (non-hydrogen) atoms. The molecule has 0 atom stereocenters. The van der Waals surface area contributed by atoms with Gasteiger partial charge in [-0.05, 0) is 31.9 Å². The molecule has 0 bridgehead atoms. The SMILES string of the molecule is COCc1ccc(C2(C(C)=O)CC2)o1. The number of Topliss-reactive ketones (excluding diaryl/α,β-unsaturated/α-hetero) is 1. The van der Waals surface area contributed by atoms with Crippen LogP contribution in [0.4, 0.5) is 0 Å². The molecule has 1 aromatic heterocycles. The summed E-state index contributed by atoms with van der Waals surface area (Å²) in [6.45, 7) is 2.10. The fourth-order valence-corrected chi connectivity index (χ4v) is 1.75. The number of hydrogen-bond acceptors (Lipinski definition) is 3. The van der Waals surface area contributed by atoms with Crippen molar-refractivity contribution in [1.29, 1.82) is 0 Å². The van der Waals surface area contributed by atoms with Gasteiger partial charge in [-0.2, -0.15) is 0 Å². The molecule has 0 unspecified atom stereocenters. The molecule has 0 N–H and O–H groups in total. The summed E-state index contributed by atoms with van der Waals surface area (Å²) in [5.74, 6) is 1.79. The van der Waals surface area contributed by atoms with E-state index in [1.807, 2.05) is 12.1 Å². The Hall–Kier alpha value is -1.09. The van der Waals surface area contributed by atoms with Crippen molar-refractivity contribution >= 4 is 5.78 Å². The van der Waals surface area contributed by atoms with Crippen LogP contribution in [0.25, 0.3) is 0 Å². The maximum atomic E-state index is 11.4. The monoisotopic (exact) mass is 194 g/mol. The van der Waals surface area contributed by atoms with Crippen molar-refractivity contribution in [2.45, 2.75) is 31.8 Å². The van der Waals surface area contributed by atoms with Crippen molar-refractivity contribution in [3.63, 3.8) is 0 Å². The van der Waals surface area contributed by atoms with Crippen molar-refractivity contribution in [3.8, 4) is 0 Å². The van der Waals surface area contributed by atoms with Crippen molar-refractivity contribution in [2.75, 3.05) is 7.11 Å². The van der Waals surface area contributed by atoms with Gasteiger partial charge in [0.05, 0.1) is 5.41 Å². The van der Waals surface area contributed by atoms with Gasteiger partial charge in [0, 0.05) is 7.11 Å². The van der Waals surface area contributed by atoms with E-state index in [4.69, 9.17) is 9.15 Å². The average Bonchev–Trinajstić information content (AvgIpc) is 2.84. The third-order valence-corrected chi connectivity index (χ3v) is 2.84. The molecule has 2 rings (SSSR count). The van der Waals surface area contributed by atoms with Gasteiger partial charge in [-0.3, -0.25) is 4.79 Å². The second-order valence-corrected chi connectivity index (χ2v) is 3.84. The van der Waals surface area contributed by atoms with Crippen molar-refractivity contribution < 1.29 is 13.9 Å². The summed E-state index contributed by atoms with van der Waals surface area (Å²) < 4.78 is 10.5. The summed E-state index contributed by atoms with van der Waals surface area (Å²) in [6, 6.07) is 3.77. The maximum Gasteiger partial charge on any atom is 0.143 e. The lowest BCUT2D eigenvalue weighted by Gasteiger charge is -2.06. The summed E-state index contributed by atoms with van der Waals surface area (Å²) in [4.78, 5) is 11.4. The number of carbonyl (C=O) groups is 1. The van der Waals surface area contributed by atoms with Crippen LogP contribution < -0.4 is 0 Å². The quantitative estimate of drug-likeness (QED) is 0.736. The number of rotatable bonds is 4. The summed E-state index contributed by atoms with van der Waals surface area (Å²) in [7, 11) is 1.63. The standard InChI is InChI=1S/C11H14O3/c1-8(12)11(5-6-11)10-4-3-9(14-10)7-13-2/h3-4H,5-7H2,1-2H3. The first-order chi connectivity index (χ1) is 6.69. The highest BCUT2D eigenvalue weighted by Crippen LogP contribution is 2.49. The third-order valence-electron chi connectivity index (χ3n) is 2.84. The van der Waals surface area contributed by atoms with Crippen LogP contribution in [0, 0.1) is 0 Å². The Labute approximate surface area is 83.0 Å². The molecule has 1 heterocycles. The van der Waals surface area contributed by atoms with E-state index in [1.165, 1.54) is 0 Å². The number of hydrogen-bond donors (Lipinski definition) is 0. The molecule has 1 saturated carbocycles. The van der Waals surface area contributed by atoms with Crippen molar-refractivity contribution in [2.24, 2.45) is 0 Å². The zero-order valence-corrected chi connectivity index (χ0v) is 8.50. The zero-order valence-electron chi connectivity index (χ0n) is 8.50. The van der Waals surface area contributed by atoms with E-state index < -0.39 is 0 Å². The van der Waals surface area contributed by atoms with Crippen molar-refractivity contribution in [1.82, 2.24) is 0 Å². The lowest BCUT2D eigenvalue weighted by Crippen LogP contribution is -2.15. The highest BCUT2D eigenvalue weighted by Gasteiger charge is 2.51. The van der Waals surface area contributed by atoms with Gasteiger partial charge in [0.1, 0.15) is 23.9 Å². The number of furan rings is 1. The third kappa shape index (κ3) is 1.38. The first-order valence-electron chi connectivity index (χ1n) is 4.78. The molecular formula is C11H14O3. The zero-order chi connectivity index (χ0) is 10.2. The van der Waals surface area contributed by atoms with Crippen molar-refractivity contribution in [3.05, 3.63) is 23.7 Å². The van der Waals surface area contributed by atoms with E-state index >= 15 is 0 Å². The van der Waals surface area contributed by atoms with Gasteiger partial charge in [-0.1, -0.05) is 0 Å². The van der Waals surface area contributed by atoms with E-state index in [9.17, 15) is 4.79 Å². The number of methoxy groups -OCH3 is 1. The van der Waals surface area contributed by atoms with Gasteiger partial charge in [0.25, 0.3) is 0 Å². The normalized spacial score (nSPS) is 18.1. The van der Waals surface area contributed by atoms with Crippen LogP contribution in [0.5, 0.6) is 0 Å². The van der Waals surface area contributed by atoms with Crippen LogP contribution in [-0.4, -0.2) is 12.9 Å². The highest BCUT2D eigenvalue weighted by molar-refractivity contribution is 5.90. The second kappa shape index (κ2) is 3.24. The molecule has 0 aromatic carbocycles. The van der Waals surface area contributed by atoms with Crippen LogP contribution in [0.1, 0.15) is 31.3 Å². The maximum absolute atomic E-state index is 11.4. The molecule has 76 valence electrons. The molecule has 0 radical (unpaired) electrons. The fourth-order valence-electron chi connectivity index (χ4n) is 1.75. The van der Waals surface area contributed by atoms with Crippen LogP contribution in [-0.2, 0) is 21.6 Å². The summed E-state index contributed by atoms with van der Waals surface area (Å²) in [6.07, 6.45) is 1.84. The van der Waals surface area contributed by atoms with Crippen LogP contribution >= 0.6 is 0 Å². The predicted octanol–water partition coefficient (Wildman–Crippen LogP) is 2.05. The Kier molecular flexibility index (Phi) is 2.19. The van der Waals surface area contributed by atoms with E-state index in [1.54, 1.807) is 14.0 Å². The molecule has 1 fully saturated rings. The van der Waals surface area contributed by atoms with Gasteiger partial charge < -0.3 is 9.15 Å². The molecule has 1 aliphatic rings. The first kappa shape index (κ1) is 9.46. The van der Waals surface area contributed by atoms with E-state index in [0.717, 1.165) is 24.4 Å². The largest absolute Gasteiger partial charge is 0.463 e. The van der Waals surface area contributed by atoms with Gasteiger partial charge in [-0.25, -0.2) is 0 Å². The van der Waals surface area contributed by atoms with E-state index in [-0.39, 0.29) is 11.2 Å². The number of ketones is 1. The Morgan fingerprint density at radius 3 is 2.79 bits per heavy atom. The molecular weight excluding hydrogens is 180 g/mol. The molecule has 1 aliphatic carbocycles. The lowest BCUT2D eigenvalue weighted by atomic mass is 9.99. The second-order valence-electron chi connectivity index (χ2n) is 3.84. The minimum absolute atomic E-state index is 0.204. The Morgan fingerprint density at radius 1 is 1.57 bits per heavy atom. The topological polar surface area (TPSA) is 39.4 Å². The van der Waals surface area contributed by atoms with E-state index in [0.29, 0.717) is 6.61 Å². The minimum Gasteiger partial charge on any atom is -0.463 e. The highest BCUT2D eigenvalue weighted by atomic mass is 16.5. The van der Waals surface area contributed by atoms with Gasteiger partial charge in [-0.15, -0.1) is 0 Å². The van der Waals surface area contributed by atoms with Gasteiger partial charge >= 0.3 is 0 Å². The predicted molar refractivity (Wildman–Crippen MR) is 51.0 cm³/mol. The number of carbonyl (C=O) groups excluding carboxylic acids is 1. The molecule has 3 heteroatoms.